The predicted molar refractivity (Wildman–Crippen MR) is 152 cm³/mol. The molecule has 0 bridgehead atoms. The Balaban J connectivity index is 1.95. The van der Waals surface area contributed by atoms with Gasteiger partial charge < -0.3 is 19.3 Å². The molecule has 2 heterocycles. The quantitative estimate of drug-likeness (QED) is 0.120. The second kappa shape index (κ2) is 11.7. The smallest absolute Gasteiger partial charge is 0.350 e. The van der Waals surface area contributed by atoms with Gasteiger partial charge in [-0.05, 0) is 57.0 Å². The van der Waals surface area contributed by atoms with E-state index < -0.39 is 23.7 Å². The molecule has 1 aliphatic rings. The van der Waals surface area contributed by atoms with Gasteiger partial charge in [0.1, 0.15) is 17.2 Å². The molecule has 10 heteroatoms. The Hall–Kier alpha value is -4.44. The number of amides is 1. The third kappa shape index (κ3) is 5.22. The van der Waals surface area contributed by atoms with Gasteiger partial charge in [0.15, 0.2) is 16.6 Å². The molecule has 1 aromatic heterocycles. The fraction of sp³-hybridized carbons (Fsp3) is 0.267. The molecule has 0 aliphatic carbocycles. The summed E-state index contributed by atoms with van der Waals surface area (Å²) >= 11 is 0.929. The summed E-state index contributed by atoms with van der Waals surface area (Å²) in [6.07, 6.45) is 1.44. The number of aliphatic hydroxyl groups is 1. The Labute approximate surface area is 236 Å². The Morgan fingerprint density at radius 2 is 1.90 bits per heavy atom. The molecular formula is C30H30N2O7S. The van der Waals surface area contributed by atoms with E-state index in [9.17, 15) is 19.5 Å². The standard InChI is InChI=1S/C30H30N2O7S/c1-7-13-39-29(36)27-18(5)31-30(40-27)32-24(19-11-12-21(38-8-2)22(15-19)37-6)23(26(34)28(32)35)25(33)20-14-16(3)9-10-17(20)4/h7,9-12,14-15,24,33H,1,8,13H2,2-6H3/b25-23+. The van der Waals surface area contributed by atoms with Crippen molar-refractivity contribution in [2.75, 3.05) is 25.2 Å². The Morgan fingerprint density at radius 3 is 2.58 bits per heavy atom. The van der Waals surface area contributed by atoms with Crippen LogP contribution in [0.2, 0.25) is 0 Å². The number of ether oxygens (including phenoxy) is 3. The van der Waals surface area contributed by atoms with Gasteiger partial charge in [-0.3, -0.25) is 14.5 Å². The van der Waals surface area contributed by atoms with Gasteiger partial charge in [-0.2, -0.15) is 0 Å². The number of Topliss-reactive ketones (excluding diaryl/α,β-unsaturated/α-hetero) is 1. The number of aromatic nitrogens is 1. The number of carbonyl (C=O) groups is 3. The summed E-state index contributed by atoms with van der Waals surface area (Å²) in [5.74, 6) is -1.81. The van der Waals surface area contributed by atoms with E-state index in [0.29, 0.717) is 34.9 Å². The van der Waals surface area contributed by atoms with Crippen LogP contribution in [-0.4, -0.2) is 48.1 Å². The zero-order valence-corrected chi connectivity index (χ0v) is 23.8. The highest BCUT2D eigenvalue weighted by Crippen LogP contribution is 2.45. The largest absolute Gasteiger partial charge is 0.507 e. The lowest BCUT2D eigenvalue weighted by molar-refractivity contribution is -0.132. The fourth-order valence-corrected chi connectivity index (χ4v) is 5.47. The van der Waals surface area contributed by atoms with E-state index in [4.69, 9.17) is 14.2 Å². The molecule has 1 atom stereocenters. The number of aryl methyl sites for hydroxylation is 3. The molecule has 4 rings (SSSR count). The van der Waals surface area contributed by atoms with E-state index in [1.54, 1.807) is 31.2 Å². The Bertz CT molecular complexity index is 1540. The van der Waals surface area contributed by atoms with E-state index in [-0.39, 0.29) is 27.9 Å². The normalized spacial score (nSPS) is 16.2. The van der Waals surface area contributed by atoms with E-state index in [1.165, 1.54) is 18.1 Å². The summed E-state index contributed by atoms with van der Waals surface area (Å²) < 4.78 is 16.3. The van der Waals surface area contributed by atoms with E-state index in [2.05, 4.69) is 11.6 Å². The first-order valence-electron chi connectivity index (χ1n) is 12.6. The first-order chi connectivity index (χ1) is 19.1. The number of esters is 1. The number of aliphatic hydroxyl groups excluding tert-OH is 1. The first kappa shape index (κ1) is 28.6. The van der Waals surface area contributed by atoms with Crippen molar-refractivity contribution in [1.82, 2.24) is 4.98 Å². The Kier molecular flexibility index (Phi) is 8.39. The van der Waals surface area contributed by atoms with Gasteiger partial charge in [0.2, 0.25) is 0 Å². The second-order valence-corrected chi connectivity index (χ2v) is 10.1. The molecule has 1 aliphatic heterocycles. The van der Waals surface area contributed by atoms with Crippen LogP contribution in [0.3, 0.4) is 0 Å². The van der Waals surface area contributed by atoms with Crippen LogP contribution in [0.5, 0.6) is 11.5 Å². The zero-order chi connectivity index (χ0) is 29.1. The maximum absolute atomic E-state index is 13.6. The molecule has 0 saturated carbocycles. The summed E-state index contributed by atoms with van der Waals surface area (Å²) in [4.78, 5) is 45.6. The molecule has 1 unspecified atom stereocenters. The van der Waals surface area contributed by atoms with Crippen molar-refractivity contribution in [3.63, 3.8) is 0 Å². The lowest BCUT2D eigenvalue weighted by Crippen LogP contribution is -2.29. The van der Waals surface area contributed by atoms with Gasteiger partial charge in [0, 0.05) is 5.56 Å². The zero-order valence-electron chi connectivity index (χ0n) is 22.9. The molecule has 9 nitrogen and oxygen atoms in total. The van der Waals surface area contributed by atoms with Gasteiger partial charge in [0.25, 0.3) is 5.78 Å². The van der Waals surface area contributed by atoms with Crippen molar-refractivity contribution in [2.24, 2.45) is 0 Å². The van der Waals surface area contributed by atoms with Crippen LogP contribution in [0, 0.1) is 20.8 Å². The number of hydrogen-bond acceptors (Lipinski definition) is 9. The summed E-state index contributed by atoms with van der Waals surface area (Å²) in [6.45, 7) is 11.1. The molecule has 1 saturated heterocycles. The van der Waals surface area contributed by atoms with Crippen LogP contribution < -0.4 is 14.4 Å². The van der Waals surface area contributed by atoms with Gasteiger partial charge in [-0.1, -0.05) is 47.8 Å². The Morgan fingerprint density at radius 1 is 1.15 bits per heavy atom. The number of methoxy groups -OCH3 is 1. The van der Waals surface area contributed by atoms with Crippen LogP contribution in [0.1, 0.15) is 50.6 Å². The molecule has 3 aromatic rings. The van der Waals surface area contributed by atoms with Crippen LogP contribution in [-0.2, 0) is 14.3 Å². The molecule has 2 aromatic carbocycles. The minimum atomic E-state index is -1.06. The molecule has 208 valence electrons. The van der Waals surface area contributed by atoms with Gasteiger partial charge in [0.05, 0.1) is 31.0 Å². The van der Waals surface area contributed by atoms with Crippen molar-refractivity contribution in [1.29, 1.82) is 0 Å². The van der Waals surface area contributed by atoms with Crippen molar-refractivity contribution >= 4 is 39.9 Å². The van der Waals surface area contributed by atoms with Crippen molar-refractivity contribution in [3.05, 3.63) is 87.5 Å². The van der Waals surface area contributed by atoms with Crippen LogP contribution in [0.4, 0.5) is 5.13 Å². The third-order valence-electron chi connectivity index (χ3n) is 6.40. The molecule has 40 heavy (non-hydrogen) atoms. The number of rotatable bonds is 9. The summed E-state index contributed by atoms with van der Waals surface area (Å²) in [5.41, 5.74) is 2.76. The number of carbonyl (C=O) groups excluding carboxylic acids is 3. The van der Waals surface area contributed by atoms with Crippen molar-refractivity contribution < 1.29 is 33.7 Å². The molecule has 1 amide bonds. The average Bonchev–Trinajstić information content (AvgIpc) is 3.45. The van der Waals surface area contributed by atoms with Gasteiger partial charge >= 0.3 is 11.9 Å². The minimum absolute atomic E-state index is 0.0117. The van der Waals surface area contributed by atoms with Crippen LogP contribution in [0.25, 0.3) is 5.76 Å². The second-order valence-electron chi connectivity index (χ2n) is 9.13. The number of benzene rings is 2. The highest BCUT2D eigenvalue weighted by atomic mass is 32.1. The third-order valence-corrected chi connectivity index (χ3v) is 7.54. The number of hydrogen-bond donors (Lipinski definition) is 1. The van der Waals surface area contributed by atoms with Crippen LogP contribution >= 0.6 is 11.3 Å². The van der Waals surface area contributed by atoms with Crippen molar-refractivity contribution in [2.45, 2.75) is 33.7 Å². The highest BCUT2D eigenvalue weighted by molar-refractivity contribution is 7.17. The number of thiazole rings is 1. The van der Waals surface area contributed by atoms with Gasteiger partial charge in [-0.25, -0.2) is 9.78 Å². The number of nitrogens with zero attached hydrogens (tertiary/aromatic N) is 2. The van der Waals surface area contributed by atoms with Crippen molar-refractivity contribution in [3.8, 4) is 11.5 Å². The SMILES string of the molecule is C=CCOC(=O)c1sc(N2C(=O)C(=O)/C(=C(/O)c3cc(C)ccc3C)C2c2ccc(OCC)c(OC)c2)nc1C. The van der Waals surface area contributed by atoms with Gasteiger partial charge in [-0.15, -0.1) is 0 Å². The summed E-state index contributed by atoms with van der Waals surface area (Å²) in [6, 6.07) is 9.46. The predicted octanol–water partition coefficient (Wildman–Crippen LogP) is 5.44. The summed E-state index contributed by atoms with van der Waals surface area (Å²) in [5, 5.41) is 11.7. The average molecular weight is 563 g/mol. The lowest BCUT2D eigenvalue weighted by atomic mass is 9.93. The molecule has 0 spiro atoms. The topological polar surface area (TPSA) is 115 Å². The summed E-state index contributed by atoms with van der Waals surface area (Å²) in [7, 11) is 1.49. The molecule has 0 radical (unpaired) electrons. The highest BCUT2D eigenvalue weighted by Gasteiger charge is 2.48. The van der Waals surface area contributed by atoms with E-state index in [1.807, 2.05) is 32.9 Å². The molecular weight excluding hydrogens is 532 g/mol. The maximum atomic E-state index is 13.6. The van der Waals surface area contributed by atoms with E-state index in [0.717, 1.165) is 22.5 Å². The number of anilines is 1. The monoisotopic (exact) mass is 562 g/mol. The first-order valence-corrected chi connectivity index (χ1v) is 13.4. The minimum Gasteiger partial charge on any atom is -0.507 e. The molecule has 1 fully saturated rings. The molecule has 1 N–H and O–H groups in total. The fourth-order valence-electron chi connectivity index (χ4n) is 4.49. The maximum Gasteiger partial charge on any atom is 0.350 e. The van der Waals surface area contributed by atoms with E-state index >= 15 is 0 Å². The van der Waals surface area contributed by atoms with Crippen LogP contribution in [0.15, 0.2) is 54.6 Å². The lowest BCUT2D eigenvalue weighted by Gasteiger charge is -2.24. The number of ketones is 1.